The monoisotopic (exact) mass is 311 g/mol. The number of para-hydroxylation sites is 1. The van der Waals surface area contributed by atoms with Crippen LogP contribution in [0.4, 0.5) is 5.69 Å². The predicted molar refractivity (Wildman–Crippen MR) is 79.9 cm³/mol. The Labute approximate surface area is 117 Å². The van der Waals surface area contributed by atoms with Crippen molar-refractivity contribution in [2.24, 2.45) is 0 Å². The molecule has 2 rings (SSSR count). The van der Waals surface area contributed by atoms with Crippen molar-refractivity contribution in [1.29, 1.82) is 0 Å². The number of anilines is 1. The van der Waals surface area contributed by atoms with E-state index >= 15 is 0 Å². The second-order valence-electron chi connectivity index (χ2n) is 3.76. The molecule has 1 nitrogen and oxygen atoms in total. The van der Waals surface area contributed by atoms with Crippen LogP contribution in [0.15, 0.2) is 59.1 Å². The molecule has 0 aliphatic heterocycles. The highest BCUT2D eigenvalue weighted by Gasteiger charge is 2.05. The smallest absolute Gasteiger partial charge is 0.0489 e. The number of nitrogens with one attached hydrogen (secondary N) is 1. The Morgan fingerprint density at radius 1 is 0.941 bits per heavy atom. The van der Waals surface area contributed by atoms with E-state index in [4.69, 9.17) is 0 Å². The van der Waals surface area contributed by atoms with Gasteiger partial charge in [0.2, 0.25) is 0 Å². The predicted octanol–water partition coefficient (Wildman–Crippen LogP) is 5.04. The molecule has 2 aromatic carbocycles. The topological polar surface area (TPSA) is 12.0 Å². The van der Waals surface area contributed by atoms with Crippen LogP contribution < -0.4 is 5.32 Å². The molecule has 0 unspecified atom stereocenters. The molecule has 0 aliphatic rings. The fourth-order valence-corrected chi connectivity index (χ4v) is 2.04. The van der Waals surface area contributed by atoms with Crippen LogP contribution in [0, 0.1) is 0 Å². The third-order valence-corrected chi connectivity index (χ3v) is 3.24. The number of hydrogen-bond donors (Lipinski definition) is 1. The zero-order valence-electron chi connectivity index (χ0n) is 9.56. The lowest BCUT2D eigenvalue weighted by Crippen LogP contribution is -2.06. The summed E-state index contributed by atoms with van der Waals surface area (Å²) in [4.78, 5) is 0. The van der Waals surface area contributed by atoms with E-state index in [-0.39, 0.29) is 12.4 Å². The standard InChI is InChI=1S/C14H14BrN.ClH/c1-11(12-7-3-2-4-8-12)16-14-10-6-5-9-13(14)15;/h2-11,16H,1H3;1H/t11-;/m0./s1. The molecular formula is C14H15BrClN. The Balaban J connectivity index is 0.00000144. The Kier molecular flexibility index (Phi) is 5.52. The molecule has 2 aromatic rings. The molecule has 1 N–H and O–H groups in total. The van der Waals surface area contributed by atoms with E-state index in [1.807, 2.05) is 24.3 Å². The van der Waals surface area contributed by atoms with Gasteiger partial charge in [0.15, 0.2) is 0 Å². The van der Waals surface area contributed by atoms with Crippen LogP contribution in [0.1, 0.15) is 18.5 Å². The Hall–Kier alpha value is -0.990. The summed E-state index contributed by atoms with van der Waals surface area (Å²) < 4.78 is 1.10. The van der Waals surface area contributed by atoms with Gasteiger partial charge >= 0.3 is 0 Å². The lowest BCUT2D eigenvalue weighted by Gasteiger charge is -2.16. The summed E-state index contributed by atoms with van der Waals surface area (Å²) in [5.41, 5.74) is 2.41. The SMILES string of the molecule is C[C@H](Nc1ccccc1Br)c1ccccc1.Cl. The number of benzene rings is 2. The maximum atomic E-state index is 3.53. The molecule has 0 radical (unpaired) electrons. The molecule has 0 aliphatic carbocycles. The van der Waals surface area contributed by atoms with Crippen molar-refractivity contribution in [2.75, 3.05) is 5.32 Å². The molecule has 0 bridgehead atoms. The maximum Gasteiger partial charge on any atom is 0.0489 e. The number of hydrogen-bond acceptors (Lipinski definition) is 1. The van der Waals surface area contributed by atoms with Gasteiger partial charge in [-0.2, -0.15) is 0 Å². The molecule has 0 aromatic heterocycles. The summed E-state index contributed by atoms with van der Waals surface area (Å²) in [5.74, 6) is 0. The van der Waals surface area contributed by atoms with Gasteiger partial charge in [0.05, 0.1) is 0 Å². The first-order chi connectivity index (χ1) is 7.77. The van der Waals surface area contributed by atoms with Gasteiger partial charge in [-0.1, -0.05) is 42.5 Å². The molecule has 0 saturated heterocycles. The minimum absolute atomic E-state index is 0. The second kappa shape index (κ2) is 6.67. The lowest BCUT2D eigenvalue weighted by molar-refractivity contribution is 0.884. The van der Waals surface area contributed by atoms with E-state index in [2.05, 4.69) is 58.5 Å². The number of halogens is 2. The largest absolute Gasteiger partial charge is 0.378 e. The Morgan fingerprint density at radius 3 is 2.18 bits per heavy atom. The van der Waals surface area contributed by atoms with Crippen molar-refractivity contribution in [3.63, 3.8) is 0 Å². The number of rotatable bonds is 3. The minimum Gasteiger partial charge on any atom is -0.378 e. The highest BCUT2D eigenvalue weighted by atomic mass is 79.9. The van der Waals surface area contributed by atoms with Gasteiger partial charge in [-0.3, -0.25) is 0 Å². The third kappa shape index (κ3) is 3.76. The van der Waals surface area contributed by atoms with Crippen LogP contribution in [-0.4, -0.2) is 0 Å². The van der Waals surface area contributed by atoms with Gasteiger partial charge in [0.25, 0.3) is 0 Å². The van der Waals surface area contributed by atoms with Crippen molar-refractivity contribution in [2.45, 2.75) is 13.0 Å². The van der Waals surface area contributed by atoms with E-state index < -0.39 is 0 Å². The van der Waals surface area contributed by atoms with E-state index in [0.717, 1.165) is 10.2 Å². The summed E-state index contributed by atoms with van der Waals surface area (Å²) in [6.45, 7) is 2.16. The molecule has 1 atom stereocenters. The summed E-state index contributed by atoms with van der Waals surface area (Å²) >= 11 is 3.53. The maximum absolute atomic E-state index is 3.53. The van der Waals surface area contributed by atoms with Crippen molar-refractivity contribution in [3.05, 3.63) is 64.6 Å². The second-order valence-corrected chi connectivity index (χ2v) is 4.61. The Morgan fingerprint density at radius 2 is 1.53 bits per heavy atom. The minimum atomic E-state index is 0. The molecule has 0 saturated carbocycles. The van der Waals surface area contributed by atoms with Crippen molar-refractivity contribution in [1.82, 2.24) is 0 Å². The fraction of sp³-hybridized carbons (Fsp3) is 0.143. The van der Waals surface area contributed by atoms with Crippen LogP contribution in [-0.2, 0) is 0 Å². The van der Waals surface area contributed by atoms with Gasteiger partial charge in [0.1, 0.15) is 0 Å². The zero-order chi connectivity index (χ0) is 11.4. The lowest BCUT2D eigenvalue weighted by atomic mass is 10.1. The summed E-state index contributed by atoms with van der Waals surface area (Å²) in [5, 5.41) is 3.48. The van der Waals surface area contributed by atoms with Gasteiger partial charge in [-0.25, -0.2) is 0 Å². The fourth-order valence-electron chi connectivity index (χ4n) is 1.64. The summed E-state index contributed by atoms with van der Waals surface area (Å²) in [6.07, 6.45) is 0. The highest BCUT2D eigenvalue weighted by Crippen LogP contribution is 2.25. The van der Waals surface area contributed by atoms with Crippen LogP contribution in [0.5, 0.6) is 0 Å². The van der Waals surface area contributed by atoms with Crippen molar-refractivity contribution >= 4 is 34.0 Å². The third-order valence-electron chi connectivity index (χ3n) is 2.55. The first-order valence-electron chi connectivity index (χ1n) is 5.33. The zero-order valence-corrected chi connectivity index (χ0v) is 12.0. The molecule has 0 fully saturated rings. The van der Waals surface area contributed by atoms with Crippen molar-refractivity contribution < 1.29 is 0 Å². The van der Waals surface area contributed by atoms with Gasteiger partial charge < -0.3 is 5.32 Å². The van der Waals surface area contributed by atoms with Crippen LogP contribution in [0.3, 0.4) is 0 Å². The van der Waals surface area contributed by atoms with Crippen LogP contribution in [0.2, 0.25) is 0 Å². The van der Waals surface area contributed by atoms with Gasteiger partial charge in [0, 0.05) is 16.2 Å². The first-order valence-corrected chi connectivity index (χ1v) is 6.12. The Bertz CT molecular complexity index is 459. The molecular weight excluding hydrogens is 298 g/mol. The van der Waals surface area contributed by atoms with Crippen LogP contribution >= 0.6 is 28.3 Å². The quantitative estimate of drug-likeness (QED) is 0.837. The van der Waals surface area contributed by atoms with Crippen molar-refractivity contribution in [3.8, 4) is 0 Å². The molecule has 0 spiro atoms. The average Bonchev–Trinajstić information content (AvgIpc) is 2.33. The average molecular weight is 313 g/mol. The van der Waals surface area contributed by atoms with E-state index in [1.54, 1.807) is 0 Å². The first kappa shape index (κ1) is 14.1. The van der Waals surface area contributed by atoms with Gasteiger partial charge in [-0.15, -0.1) is 12.4 Å². The van der Waals surface area contributed by atoms with Crippen LogP contribution in [0.25, 0.3) is 0 Å². The highest BCUT2D eigenvalue weighted by molar-refractivity contribution is 9.10. The molecule has 90 valence electrons. The molecule has 17 heavy (non-hydrogen) atoms. The summed E-state index contributed by atoms with van der Waals surface area (Å²) in [6, 6.07) is 18.9. The summed E-state index contributed by atoms with van der Waals surface area (Å²) in [7, 11) is 0. The molecule has 3 heteroatoms. The molecule has 0 amide bonds. The normalized spacial score (nSPS) is 11.4. The molecule has 0 heterocycles. The van der Waals surface area contributed by atoms with E-state index in [0.29, 0.717) is 6.04 Å². The van der Waals surface area contributed by atoms with E-state index in [9.17, 15) is 0 Å². The van der Waals surface area contributed by atoms with E-state index in [1.165, 1.54) is 5.56 Å². The van der Waals surface area contributed by atoms with Gasteiger partial charge in [-0.05, 0) is 40.5 Å².